The van der Waals surface area contributed by atoms with Gasteiger partial charge in [-0.15, -0.1) is 0 Å². The van der Waals surface area contributed by atoms with Crippen molar-refractivity contribution in [2.24, 2.45) is 0 Å². The van der Waals surface area contributed by atoms with Crippen LogP contribution >= 0.6 is 0 Å². The number of carbonyl (C=O) groups is 1. The minimum absolute atomic E-state index is 0.00878. The zero-order valence-corrected chi connectivity index (χ0v) is 19.3. The molecule has 0 bridgehead atoms. The maximum absolute atomic E-state index is 15.0. The summed E-state index contributed by atoms with van der Waals surface area (Å²) in [5, 5.41) is 18.1. The Morgan fingerprint density at radius 2 is 2.03 bits per heavy atom. The van der Waals surface area contributed by atoms with E-state index >= 15 is 0 Å². The number of sulfonamides is 1. The highest BCUT2D eigenvalue weighted by atomic mass is 32.2. The Balaban J connectivity index is 2.02. The standard InChI is InChI=1S/C24H22F2N2O5S/c1-24(8-4-7-19(25)12-24)34(31,32)28(2)14-18-10-20(17-6-3-5-16(9-17)13-27)22(11-21(18)26)33-15-23(29)30/h3-7,9-12H,8,14-15H2,1-2H3,(H,29,30). The SMILES string of the molecule is CN(Cc1cc(-c2cccc(C#N)c2)c(OCC(=O)O)cc1F)S(=O)(=O)C1(C)C=C(F)C=CC1. The molecule has 0 aromatic heterocycles. The molecule has 0 spiro atoms. The Hall–Kier alpha value is -3.55. The number of hydrogen-bond donors (Lipinski definition) is 1. The number of nitrogens with zero attached hydrogens (tertiary/aromatic N) is 2. The average Bonchev–Trinajstić information content (AvgIpc) is 2.78. The normalized spacial score (nSPS) is 17.8. The number of nitriles is 1. The molecule has 0 aliphatic heterocycles. The Kier molecular flexibility index (Phi) is 7.19. The van der Waals surface area contributed by atoms with Crippen molar-refractivity contribution in [2.75, 3.05) is 13.7 Å². The second kappa shape index (κ2) is 9.75. The van der Waals surface area contributed by atoms with Gasteiger partial charge in [-0.1, -0.05) is 18.2 Å². The number of aliphatic carboxylic acids is 1. The first-order valence-electron chi connectivity index (χ1n) is 10.1. The molecular formula is C24H22F2N2O5S. The first-order valence-corrected chi connectivity index (χ1v) is 11.6. The van der Waals surface area contributed by atoms with Crippen LogP contribution in [0.1, 0.15) is 24.5 Å². The zero-order valence-electron chi connectivity index (χ0n) is 18.5. The number of halogens is 2. The fraction of sp³-hybridized carbons (Fsp3) is 0.250. The van der Waals surface area contributed by atoms with Gasteiger partial charge in [-0.05, 0) is 49.3 Å². The van der Waals surface area contributed by atoms with E-state index in [1.165, 1.54) is 38.3 Å². The van der Waals surface area contributed by atoms with Crippen LogP contribution in [-0.2, 0) is 21.4 Å². The number of benzene rings is 2. The molecule has 0 saturated heterocycles. The van der Waals surface area contributed by atoms with Crippen molar-refractivity contribution >= 4 is 16.0 Å². The summed E-state index contributed by atoms with van der Waals surface area (Å²) in [4.78, 5) is 11.0. The summed E-state index contributed by atoms with van der Waals surface area (Å²) in [5.74, 6) is -2.81. The van der Waals surface area contributed by atoms with Crippen molar-refractivity contribution in [3.8, 4) is 22.9 Å². The van der Waals surface area contributed by atoms with Crippen LogP contribution in [0, 0.1) is 17.1 Å². The van der Waals surface area contributed by atoms with Crippen molar-refractivity contribution in [3.05, 3.63) is 77.4 Å². The lowest BCUT2D eigenvalue weighted by molar-refractivity contribution is -0.139. The third-order valence-corrected chi connectivity index (χ3v) is 7.85. The predicted octanol–water partition coefficient (Wildman–Crippen LogP) is 4.16. The molecule has 7 nitrogen and oxygen atoms in total. The molecule has 2 aromatic rings. The Bertz CT molecular complexity index is 1330. The third kappa shape index (κ3) is 5.16. The highest BCUT2D eigenvalue weighted by molar-refractivity contribution is 7.90. The van der Waals surface area contributed by atoms with E-state index in [1.54, 1.807) is 18.2 Å². The number of hydrogen-bond acceptors (Lipinski definition) is 5. The van der Waals surface area contributed by atoms with Gasteiger partial charge in [-0.3, -0.25) is 0 Å². The highest BCUT2D eigenvalue weighted by Gasteiger charge is 2.41. The van der Waals surface area contributed by atoms with E-state index in [2.05, 4.69) is 0 Å². The minimum atomic E-state index is -4.08. The number of ether oxygens (including phenoxy) is 1. The summed E-state index contributed by atoms with van der Waals surface area (Å²) in [6, 6.07) is 10.7. The first kappa shape index (κ1) is 25.1. The fourth-order valence-corrected chi connectivity index (χ4v) is 5.22. The van der Waals surface area contributed by atoms with Gasteiger partial charge in [0.1, 0.15) is 22.1 Å². The molecule has 0 amide bonds. The topological polar surface area (TPSA) is 108 Å². The van der Waals surface area contributed by atoms with Crippen LogP contribution in [0.15, 0.2) is 60.5 Å². The van der Waals surface area contributed by atoms with Crippen LogP contribution in [-0.4, -0.2) is 42.2 Å². The van der Waals surface area contributed by atoms with E-state index in [4.69, 9.17) is 9.84 Å². The summed E-state index contributed by atoms with van der Waals surface area (Å²) >= 11 is 0. The molecule has 1 atom stereocenters. The molecule has 34 heavy (non-hydrogen) atoms. The lowest BCUT2D eigenvalue weighted by Crippen LogP contribution is -2.44. The summed E-state index contributed by atoms with van der Waals surface area (Å²) in [6.07, 6.45) is 3.70. The van der Waals surface area contributed by atoms with Gasteiger partial charge in [0.15, 0.2) is 6.61 Å². The Morgan fingerprint density at radius 3 is 2.68 bits per heavy atom. The average molecular weight is 489 g/mol. The largest absolute Gasteiger partial charge is 0.481 e. The van der Waals surface area contributed by atoms with E-state index in [0.29, 0.717) is 16.7 Å². The molecule has 0 heterocycles. The van der Waals surface area contributed by atoms with E-state index in [1.807, 2.05) is 6.07 Å². The van der Waals surface area contributed by atoms with Crippen LogP contribution in [0.2, 0.25) is 0 Å². The van der Waals surface area contributed by atoms with Crippen molar-refractivity contribution in [2.45, 2.75) is 24.6 Å². The van der Waals surface area contributed by atoms with Crippen molar-refractivity contribution in [1.29, 1.82) is 5.26 Å². The van der Waals surface area contributed by atoms with Gasteiger partial charge in [0.25, 0.3) is 0 Å². The summed E-state index contributed by atoms with van der Waals surface area (Å²) in [7, 11) is -2.81. The lowest BCUT2D eigenvalue weighted by atomic mass is 9.99. The molecule has 1 aliphatic rings. The molecule has 10 heteroatoms. The monoisotopic (exact) mass is 488 g/mol. The van der Waals surface area contributed by atoms with E-state index in [9.17, 15) is 27.3 Å². The van der Waals surface area contributed by atoms with Crippen LogP contribution in [0.3, 0.4) is 0 Å². The fourth-order valence-electron chi connectivity index (χ4n) is 3.63. The summed E-state index contributed by atoms with van der Waals surface area (Å²) < 4.78 is 59.8. The number of allylic oxidation sites excluding steroid dienone is 3. The van der Waals surface area contributed by atoms with Crippen LogP contribution in [0.5, 0.6) is 5.75 Å². The van der Waals surface area contributed by atoms with Gasteiger partial charge in [0.05, 0.1) is 11.6 Å². The van der Waals surface area contributed by atoms with Crippen LogP contribution in [0.4, 0.5) is 8.78 Å². The van der Waals surface area contributed by atoms with E-state index in [0.717, 1.165) is 16.4 Å². The summed E-state index contributed by atoms with van der Waals surface area (Å²) in [5.41, 5.74) is 1.06. The predicted molar refractivity (Wildman–Crippen MR) is 121 cm³/mol. The van der Waals surface area contributed by atoms with Gasteiger partial charge in [-0.25, -0.2) is 22.0 Å². The van der Waals surface area contributed by atoms with E-state index in [-0.39, 0.29) is 24.3 Å². The third-order valence-electron chi connectivity index (χ3n) is 5.44. The van der Waals surface area contributed by atoms with Gasteiger partial charge < -0.3 is 9.84 Å². The molecule has 1 N–H and O–H groups in total. The molecule has 1 unspecified atom stereocenters. The molecule has 0 saturated carbocycles. The van der Waals surface area contributed by atoms with Gasteiger partial charge in [0.2, 0.25) is 10.0 Å². The van der Waals surface area contributed by atoms with Crippen molar-refractivity contribution in [3.63, 3.8) is 0 Å². The number of carboxylic acid groups (broad SMARTS) is 1. The quantitative estimate of drug-likeness (QED) is 0.598. The second-order valence-electron chi connectivity index (χ2n) is 8.02. The van der Waals surface area contributed by atoms with Crippen LogP contribution in [0.25, 0.3) is 11.1 Å². The van der Waals surface area contributed by atoms with Crippen LogP contribution < -0.4 is 4.74 Å². The zero-order chi connectivity index (χ0) is 25.1. The molecule has 1 aliphatic carbocycles. The van der Waals surface area contributed by atoms with Crippen molar-refractivity contribution in [1.82, 2.24) is 4.31 Å². The van der Waals surface area contributed by atoms with E-state index < -0.39 is 39.0 Å². The molecule has 3 rings (SSSR count). The highest BCUT2D eigenvalue weighted by Crippen LogP contribution is 2.36. The summed E-state index contributed by atoms with van der Waals surface area (Å²) in [6.45, 7) is 0.300. The first-order chi connectivity index (χ1) is 16.0. The Morgan fingerprint density at radius 1 is 1.29 bits per heavy atom. The minimum Gasteiger partial charge on any atom is -0.481 e. The molecule has 178 valence electrons. The second-order valence-corrected chi connectivity index (χ2v) is 10.5. The number of rotatable bonds is 8. The van der Waals surface area contributed by atoms with Gasteiger partial charge in [0, 0.05) is 30.8 Å². The molecule has 0 fully saturated rings. The lowest BCUT2D eigenvalue weighted by Gasteiger charge is -2.32. The maximum atomic E-state index is 15.0. The van der Waals surface area contributed by atoms with Gasteiger partial charge in [-0.2, -0.15) is 9.57 Å². The number of carboxylic acids is 1. The Labute approximate surface area is 196 Å². The smallest absolute Gasteiger partial charge is 0.341 e. The molecular weight excluding hydrogens is 466 g/mol. The molecule has 0 radical (unpaired) electrons. The van der Waals surface area contributed by atoms with Crippen molar-refractivity contribution < 1.29 is 31.8 Å². The molecule has 2 aromatic carbocycles. The maximum Gasteiger partial charge on any atom is 0.341 e. The van der Waals surface area contributed by atoms with Gasteiger partial charge >= 0.3 is 5.97 Å².